The molecule has 0 radical (unpaired) electrons. The summed E-state index contributed by atoms with van der Waals surface area (Å²) in [6.45, 7) is 0. The molecule has 0 fully saturated rings. The molecule has 0 aromatic heterocycles. The van der Waals surface area contributed by atoms with Crippen molar-refractivity contribution in [1.29, 1.82) is 0 Å². The second-order valence-electron chi connectivity index (χ2n) is 2.94. The topological polar surface area (TPSA) is 72.6 Å². The summed E-state index contributed by atoms with van der Waals surface area (Å²) in [4.78, 5) is 10.5. The van der Waals surface area contributed by atoms with Crippen LogP contribution in [0.5, 0.6) is 5.75 Å². The van der Waals surface area contributed by atoms with Crippen molar-refractivity contribution in [1.82, 2.24) is 0 Å². The molecule has 0 aliphatic heterocycles. The van der Waals surface area contributed by atoms with Crippen molar-refractivity contribution >= 4 is 18.4 Å². The fourth-order valence-electron chi connectivity index (χ4n) is 1.05. The molecule has 0 aliphatic rings. The fraction of sp³-hybridized carbons (Fsp3) is 0.222. The predicted octanol–water partition coefficient (Wildman–Crippen LogP) is 2.09. The van der Waals surface area contributed by atoms with Gasteiger partial charge in [-0.05, 0) is 17.7 Å². The van der Waals surface area contributed by atoms with Gasteiger partial charge in [-0.1, -0.05) is 12.1 Å². The van der Waals surface area contributed by atoms with E-state index in [0.717, 1.165) is 12.1 Å². The summed E-state index contributed by atoms with van der Waals surface area (Å²) in [5, 5.41) is 8.57. The van der Waals surface area contributed by atoms with E-state index in [1.807, 2.05) is 0 Å². The Morgan fingerprint density at radius 1 is 1.41 bits per heavy atom. The Balaban J connectivity index is 0.00000256. The second-order valence-corrected chi connectivity index (χ2v) is 2.94. The number of hydrogen-bond donors (Lipinski definition) is 2. The van der Waals surface area contributed by atoms with Crippen LogP contribution in [0.25, 0.3) is 0 Å². The minimum atomic E-state index is -4.81. The van der Waals surface area contributed by atoms with Crippen molar-refractivity contribution in [3.63, 3.8) is 0 Å². The van der Waals surface area contributed by atoms with Crippen LogP contribution >= 0.6 is 12.4 Å². The quantitative estimate of drug-likeness (QED) is 0.883. The number of nitrogens with two attached hydrogens (primary N) is 1. The van der Waals surface area contributed by atoms with Crippen molar-refractivity contribution in [3.05, 3.63) is 29.8 Å². The molecule has 0 amide bonds. The van der Waals surface area contributed by atoms with Gasteiger partial charge in [0, 0.05) is 0 Å². The summed E-state index contributed by atoms with van der Waals surface area (Å²) >= 11 is 0. The number of rotatable bonds is 3. The second kappa shape index (κ2) is 5.74. The number of aliphatic carboxylic acids is 1. The van der Waals surface area contributed by atoms with Crippen molar-refractivity contribution < 1.29 is 27.8 Å². The molecule has 1 rings (SSSR count). The Labute approximate surface area is 101 Å². The van der Waals surface area contributed by atoms with E-state index in [1.165, 1.54) is 12.1 Å². The number of ether oxygens (including phenoxy) is 1. The van der Waals surface area contributed by atoms with Crippen LogP contribution in [0.2, 0.25) is 0 Å². The lowest BCUT2D eigenvalue weighted by atomic mass is 10.1. The van der Waals surface area contributed by atoms with E-state index >= 15 is 0 Å². The Hall–Kier alpha value is -1.47. The van der Waals surface area contributed by atoms with Crippen LogP contribution < -0.4 is 10.5 Å². The lowest BCUT2D eigenvalue weighted by Gasteiger charge is -2.11. The molecule has 0 heterocycles. The van der Waals surface area contributed by atoms with Gasteiger partial charge in [-0.15, -0.1) is 25.6 Å². The Morgan fingerprint density at radius 3 is 2.47 bits per heavy atom. The van der Waals surface area contributed by atoms with Gasteiger partial charge in [-0.2, -0.15) is 0 Å². The summed E-state index contributed by atoms with van der Waals surface area (Å²) in [6.07, 6.45) is -4.81. The van der Waals surface area contributed by atoms with Gasteiger partial charge in [-0.3, -0.25) is 4.79 Å². The maximum atomic E-state index is 11.9. The van der Waals surface area contributed by atoms with Gasteiger partial charge in [0.2, 0.25) is 0 Å². The van der Waals surface area contributed by atoms with Gasteiger partial charge in [-0.25, -0.2) is 0 Å². The highest BCUT2D eigenvalue weighted by molar-refractivity contribution is 5.85. The van der Waals surface area contributed by atoms with Gasteiger partial charge < -0.3 is 15.6 Å². The highest BCUT2D eigenvalue weighted by atomic mass is 35.5. The van der Waals surface area contributed by atoms with E-state index in [-0.39, 0.29) is 18.0 Å². The van der Waals surface area contributed by atoms with E-state index in [0.29, 0.717) is 0 Å². The van der Waals surface area contributed by atoms with Crippen LogP contribution in [-0.4, -0.2) is 17.4 Å². The molecule has 96 valence electrons. The zero-order chi connectivity index (χ0) is 12.3. The molecule has 0 saturated carbocycles. The summed E-state index contributed by atoms with van der Waals surface area (Å²) in [5.41, 5.74) is 5.27. The molecule has 17 heavy (non-hydrogen) atoms. The third-order valence-corrected chi connectivity index (χ3v) is 1.72. The Bertz CT molecular complexity index is 397. The fourth-order valence-corrected chi connectivity index (χ4v) is 1.05. The summed E-state index contributed by atoms with van der Waals surface area (Å²) < 4.78 is 39.2. The van der Waals surface area contributed by atoms with E-state index < -0.39 is 24.1 Å². The van der Waals surface area contributed by atoms with Crippen LogP contribution in [0.3, 0.4) is 0 Å². The predicted molar refractivity (Wildman–Crippen MR) is 54.9 cm³/mol. The zero-order valence-corrected chi connectivity index (χ0v) is 9.09. The molecule has 0 bridgehead atoms. The SMILES string of the molecule is Cl.N[C@@H](C(=O)O)c1cccc(OC(F)(F)F)c1. The average Bonchev–Trinajstić information content (AvgIpc) is 2.14. The minimum absolute atomic E-state index is 0. The number of carboxylic acid groups (broad SMARTS) is 1. The molecule has 4 nitrogen and oxygen atoms in total. The van der Waals surface area contributed by atoms with E-state index in [2.05, 4.69) is 4.74 Å². The third-order valence-electron chi connectivity index (χ3n) is 1.72. The van der Waals surface area contributed by atoms with E-state index in [4.69, 9.17) is 10.8 Å². The first-order chi connectivity index (χ1) is 7.29. The van der Waals surface area contributed by atoms with Crippen LogP contribution in [0.4, 0.5) is 13.2 Å². The van der Waals surface area contributed by atoms with Crippen molar-refractivity contribution in [2.45, 2.75) is 12.4 Å². The number of benzene rings is 1. The molecule has 1 aromatic carbocycles. The van der Waals surface area contributed by atoms with Gasteiger partial charge in [0.15, 0.2) is 0 Å². The summed E-state index contributed by atoms with van der Waals surface area (Å²) in [5.74, 6) is -1.83. The molecule has 0 spiro atoms. The molecule has 8 heteroatoms. The summed E-state index contributed by atoms with van der Waals surface area (Å²) in [6, 6.07) is 3.16. The van der Waals surface area contributed by atoms with Crippen LogP contribution in [0.1, 0.15) is 11.6 Å². The van der Waals surface area contributed by atoms with E-state index in [9.17, 15) is 18.0 Å². The number of carbonyl (C=O) groups is 1. The maximum absolute atomic E-state index is 11.9. The standard InChI is InChI=1S/C9H8F3NO3.ClH/c10-9(11,12)16-6-3-1-2-5(4-6)7(13)8(14)15;/h1-4,7H,13H2,(H,14,15);1H/t7-;/m1./s1. The number of halogens is 4. The lowest BCUT2D eigenvalue weighted by Crippen LogP contribution is -2.21. The average molecular weight is 272 g/mol. The largest absolute Gasteiger partial charge is 0.573 e. The van der Waals surface area contributed by atoms with Crippen LogP contribution in [0, 0.1) is 0 Å². The van der Waals surface area contributed by atoms with Gasteiger partial charge in [0.1, 0.15) is 11.8 Å². The van der Waals surface area contributed by atoms with Crippen molar-refractivity contribution in [3.8, 4) is 5.75 Å². The molecular formula is C9H9ClF3NO3. The molecule has 0 unspecified atom stereocenters. The van der Waals surface area contributed by atoms with Gasteiger partial charge >= 0.3 is 12.3 Å². The molecule has 3 N–H and O–H groups in total. The van der Waals surface area contributed by atoms with Gasteiger partial charge in [0.25, 0.3) is 0 Å². The normalized spacial score (nSPS) is 12.5. The number of hydrogen-bond acceptors (Lipinski definition) is 3. The van der Waals surface area contributed by atoms with Crippen LogP contribution in [0.15, 0.2) is 24.3 Å². The van der Waals surface area contributed by atoms with Gasteiger partial charge in [0.05, 0.1) is 0 Å². The maximum Gasteiger partial charge on any atom is 0.573 e. The number of carboxylic acids is 1. The van der Waals surface area contributed by atoms with Crippen molar-refractivity contribution in [2.24, 2.45) is 5.73 Å². The van der Waals surface area contributed by atoms with E-state index in [1.54, 1.807) is 0 Å². The first kappa shape index (κ1) is 15.5. The molecule has 1 atom stereocenters. The van der Waals surface area contributed by atoms with Crippen molar-refractivity contribution in [2.75, 3.05) is 0 Å². The minimum Gasteiger partial charge on any atom is -0.480 e. The summed E-state index contributed by atoms with van der Waals surface area (Å²) in [7, 11) is 0. The Morgan fingerprint density at radius 2 is 2.00 bits per heavy atom. The van der Waals surface area contributed by atoms with Crippen LogP contribution in [-0.2, 0) is 4.79 Å². The first-order valence-corrected chi connectivity index (χ1v) is 4.13. The number of alkyl halides is 3. The molecule has 1 aromatic rings. The lowest BCUT2D eigenvalue weighted by molar-refractivity contribution is -0.274. The molecule has 0 saturated heterocycles. The highest BCUT2D eigenvalue weighted by Crippen LogP contribution is 2.24. The molecular weight excluding hydrogens is 263 g/mol. The molecule has 0 aliphatic carbocycles. The third kappa shape index (κ3) is 4.92. The zero-order valence-electron chi connectivity index (χ0n) is 8.27. The first-order valence-electron chi connectivity index (χ1n) is 4.13. The highest BCUT2D eigenvalue weighted by Gasteiger charge is 2.31. The monoisotopic (exact) mass is 271 g/mol. The Kier molecular flexibility index (Phi) is 5.24. The smallest absolute Gasteiger partial charge is 0.480 e.